The highest BCUT2D eigenvalue weighted by atomic mass is 16.5. The summed E-state index contributed by atoms with van der Waals surface area (Å²) in [6, 6.07) is 0. The van der Waals surface area contributed by atoms with E-state index in [1.54, 1.807) is 0 Å². The van der Waals surface area contributed by atoms with Crippen LogP contribution >= 0.6 is 0 Å². The van der Waals surface area contributed by atoms with Crippen molar-refractivity contribution in [3.63, 3.8) is 0 Å². The summed E-state index contributed by atoms with van der Waals surface area (Å²) in [5.41, 5.74) is -0.903. The molecule has 1 saturated carbocycles. The smallest absolute Gasteiger partial charge is 0.119 e. The van der Waals surface area contributed by atoms with Crippen molar-refractivity contribution in [3.8, 4) is 0 Å². The lowest BCUT2D eigenvalue weighted by Gasteiger charge is -2.23. The van der Waals surface area contributed by atoms with E-state index >= 15 is 0 Å². The Balaban J connectivity index is 2.21. The molecule has 0 aromatic rings. The number of aliphatic hydroxyl groups excluding tert-OH is 1. The quantitative estimate of drug-likeness (QED) is 0.489. The highest BCUT2D eigenvalue weighted by molar-refractivity contribution is 5.02. The number of fused-ring (bicyclic) bond motifs is 1. The van der Waals surface area contributed by atoms with E-state index in [4.69, 9.17) is 4.74 Å². The standard InChI is InChI=1S/C7H12O3/c8-5-4-10-6-2-1-3-7(5,6)9/h5-6,8-9H,1-4H2. The van der Waals surface area contributed by atoms with Crippen LogP contribution in [0.15, 0.2) is 0 Å². The van der Waals surface area contributed by atoms with Crippen LogP contribution in [0.25, 0.3) is 0 Å². The summed E-state index contributed by atoms with van der Waals surface area (Å²) in [5.74, 6) is 0. The summed E-state index contributed by atoms with van der Waals surface area (Å²) < 4.78 is 5.19. The SMILES string of the molecule is OC1COC2CCCC12O. The van der Waals surface area contributed by atoms with Crippen LogP contribution in [0.2, 0.25) is 0 Å². The van der Waals surface area contributed by atoms with Gasteiger partial charge in [-0.3, -0.25) is 0 Å². The van der Waals surface area contributed by atoms with Gasteiger partial charge in [-0.25, -0.2) is 0 Å². The molecule has 0 aromatic heterocycles. The summed E-state index contributed by atoms with van der Waals surface area (Å²) in [6.45, 7) is 0.307. The Labute approximate surface area is 59.6 Å². The second kappa shape index (κ2) is 1.94. The van der Waals surface area contributed by atoms with Gasteiger partial charge < -0.3 is 14.9 Å². The Morgan fingerprint density at radius 1 is 1.50 bits per heavy atom. The summed E-state index contributed by atoms with van der Waals surface area (Å²) >= 11 is 0. The van der Waals surface area contributed by atoms with Crippen molar-refractivity contribution in [2.24, 2.45) is 0 Å². The molecule has 2 N–H and O–H groups in total. The Morgan fingerprint density at radius 2 is 2.30 bits per heavy atom. The molecule has 0 aromatic carbocycles. The lowest BCUT2D eigenvalue weighted by Crippen LogP contribution is -2.42. The zero-order chi connectivity index (χ0) is 7.19. The second-order valence-electron chi connectivity index (χ2n) is 3.22. The fourth-order valence-corrected chi connectivity index (χ4v) is 1.94. The summed E-state index contributed by atoms with van der Waals surface area (Å²) in [4.78, 5) is 0. The number of hydrogen-bond acceptors (Lipinski definition) is 3. The lowest BCUT2D eigenvalue weighted by molar-refractivity contribution is -0.0596. The van der Waals surface area contributed by atoms with Crippen LogP contribution in [0, 0.1) is 0 Å². The topological polar surface area (TPSA) is 49.7 Å². The molecular formula is C7H12O3. The molecule has 10 heavy (non-hydrogen) atoms. The fraction of sp³-hybridized carbons (Fsp3) is 1.00. The van der Waals surface area contributed by atoms with Gasteiger partial charge >= 0.3 is 0 Å². The minimum atomic E-state index is -0.903. The van der Waals surface area contributed by atoms with E-state index in [1.807, 2.05) is 0 Å². The first kappa shape index (κ1) is 6.58. The maximum absolute atomic E-state index is 9.72. The third kappa shape index (κ3) is 0.654. The number of hydrogen-bond donors (Lipinski definition) is 2. The molecule has 2 rings (SSSR count). The molecule has 0 radical (unpaired) electrons. The first-order chi connectivity index (χ1) is 4.73. The highest BCUT2D eigenvalue weighted by Gasteiger charge is 2.52. The normalized spacial score (nSPS) is 53.4. The molecule has 0 spiro atoms. The number of ether oxygens (including phenoxy) is 1. The maximum atomic E-state index is 9.72. The van der Waals surface area contributed by atoms with Gasteiger partial charge in [-0.1, -0.05) is 0 Å². The molecule has 3 nitrogen and oxygen atoms in total. The van der Waals surface area contributed by atoms with Crippen LogP contribution in [0.5, 0.6) is 0 Å². The van der Waals surface area contributed by atoms with Gasteiger partial charge in [0, 0.05) is 0 Å². The molecule has 58 valence electrons. The van der Waals surface area contributed by atoms with E-state index in [-0.39, 0.29) is 6.10 Å². The third-order valence-electron chi connectivity index (χ3n) is 2.63. The van der Waals surface area contributed by atoms with Gasteiger partial charge in [0.25, 0.3) is 0 Å². The largest absolute Gasteiger partial charge is 0.388 e. The van der Waals surface area contributed by atoms with E-state index in [9.17, 15) is 10.2 Å². The fourth-order valence-electron chi connectivity index (χ4n) is 1.94. The third-order valence-corrected chi connectivity index (χ3v) is 2.63. The molecule has 3 heteroatoms. The Bertz CT molecular complexity index is 148. The average molecular weight is 144 g/mol. The molecule has 1 saturated heterocycles. The second-order valence-corrected chi connectivity index (χ2v) is 3.22. The van der Waals surface area contributed by atoms with Crippen molar-refractivity contribution in [3.05, 3.63) is 0 Å². The first-order valence-corrected chi connectivity index (χ1v) is 3.75. The summed E-state index contributed by atoms with van der Waals surface area (Å²) in [6.07, 6.45) is 1.81. The van der Waals surface area contributed by atoms with Gasteiger partial charge in [-0.2, -0.15) is 0 Å². The monoisotopic (exact) mass is 144 g/mol. The van der Waals surface area contributed by atoms with Gasteiger partial charge in [-0.05, 0) is 19.3 Å². The number of aliphatic hydroxyl groups is 2. The lowest BCUT2D eigenvalue weighted by atomic mass is 9.96. The zero-order valence-corrected chi connectivity index (χ0v) is 5.79. The molecule has 3 atom stereocenters. The molecule has 1 aliphatic heterocycles. The van der Waals surface area contributed by atoms with Gasteiger partial charge in [0.05, 0.1) is 12.7 Å². The van der Waals surface area contributed by atoms with Crippen LogP contribution in [0.3, 0.4) is 0 Å². The van der Waals surface area contributed by atoms with Crippen LogP contribution in [0.1, 0.15) is 19.3 Å². The minimum Gasteiger partial charge on any atom is -0.388 e. The van der Waals surface area contributed by atoms with E-state index in [0.717, 1.165) is 12.8 Å². The molecular weight excluding hydrogens is 132 g/mol. The van der Waals surface area contributed by atoms with E-state index in [2.05, 4.69) is 0 Å². The van der Waals surface area contributed by atoms with Crippen LogP contribution < -0.4 is 0 Å². The van der Waals surface area contributed by atoms with Crippen LogP contribution in [-0.4, -0.2) is 34.6 Å². The minimum absolute atomic E-state index is 0.0949. The van der Waals surface area contributed by atoms with Crippen molar-refractivity contribution in [2.45, 2.75) is 37.1 Å². The van der Waals surface area contributed by atoms with Gasteiger partial charge in [0.1, 0.15) is 11.7 Å². The van der Waals surface area contributed by atoms with Gasteiger partial charge in [-0.15, -0.1) is 0 Å². The molecule has 1 aliphatic carbocycles. The molecule has 2 aliphatic rings. The summed E-state index contributed by atoms with van der Waals surface area (Å²) in [5, 5.41) is 19.0. The van der Waals surface area contributed by atoms with Crippen molar-refractivity contribution < 1.29 is 14.9 Å². The average Bonchev–Trinajstić information content (AvgIpc) is 2.36. The van der Waals surface area contributed by atoms with Gasteiger partial charge in [0.15, 0.2) is 0 Å². The predicted molar refractivity (Wildman–Crippen MR) is 34.5 cm³/mol. The van der Waals surface area contributed by atoms with Crippen molar-refractivity contribution in [2.75, 3.05) is 6.61 Å². The summed E-state index contributed by atoms with van der Waals surface area (Å²) in [7, 11) is 0. The van der Waals surface area contributed by atoms with Crippen LogP contribution in [-0.2, 0) is 4.74 Å². The van der Waals surface area contributed by atoms with Crippen molar-refractivity contribution >= 4 is 0 Å². The zero-order valence-electron chi connectivity index (χ0n) is 5.79. The highest BCUT2D eigenvalue weighted by Crippen LogP contribution is 2.39. The number of rotatable bonds is 0. The van der Waals surface area contributed by atoms with E-state index in [0.29, 0.717) is 13.0 Å². The van der Waals surface area contributed by atoms with Gasteiger partial charge in [0.2, 0.25) is 0 Å². The molecule has 3 unspecified atom stereocenters. The van der Waals surface area contributed by atoms with Crippen molar-refractivity contribution in [1.29, 1.82) is 0 Å². The first-order valence-electron chi connectivity index (χ1n) is 3.75. The Kier molecular flexibility index (Phi) is 1.27. The predicted octanol–water partition coefficient (Wildman–Crippen LogP) is -0.339. The molecule has 0 bridgehead atoms. The molecule has 1 heterocycles. The van der Waals surface area contributed by atoms with E-state index in [1.165, 1.54) is 0 Å². The molecule has 2 fully saturated rings. The molecule has 0 amide bonds. The van der Waals surface area contributed by atoms with Crippen LogP contribution in [0.4, 0.5) is 0 Å². The Hall–Kier alpha value is -0.120. The van der Waals surface area contributed by atoms with Crippen molar-refractivity contribution in [1.82, 2.24) is 0 Å². The van der Waals surface area contributed by atoms with E-state index < -0.39 is 11.7 Å². The maximum Gasteiger partial charge on any atom is 0.119 e. The Morgan fingerprint density at radius 3 is 3.00 bits per heavy atom.